The molecule has 116 valence electrons. The van der Waals surface area contributed by atoms with Crippen LogP contribution in [0, 0.1) is 5.92 Å². The van der Waals surface area contributed by atoms with E-state index in [1.54, 1.807) is 0 Å². The van der Waals surface area contributed by atoms with E-state index in [-0.39, 0.29) is 29.8 Å². The summed E-state index contributed by atoms with van der Waals surface area (Å²) >= 11 is 5.88. The second kappa shape index (κ2) is 7.58. The van der Waals surface area contributed by atoms with E-state index in [9.17, 15) is 9.90 Å². The Morgan fingerprint density at radius 1 is 1.50 bits per heavy atom. The Balaban J connectivity index is 0.000000956. The number of alkyl halides is 1. The first-order valence-electron chi connectivity index (χ1n) is 7.55. The highest BCUT2D eigenvalue weighted by molar-refractivity contribution is 6.18. The number of hydrogen-bond acceptors (Lipinski definition) is 3. The highest BCUT2D eigenvalue weighted by Gasteiger charge is 2.54. The molecule has 1 aliphatic carbocycles. The van der Waals surface area contributed by atoms with Crippen molar-refractivity contribution in [2.75, 3.05) is 5.88 Å². The Kier molecular flexibility index (Phi) is 6.70. The lowest BCUT2D eigenvalue weighted by atomic mass is 9.73. The maximum Gasteiger partial charge on any atom is 0.133 e. The molecule has 4 heteroatoms. The molecule has 1 heterocycles. The van der Waals surface area contributed by atoms with Gasteiger partial charge in [0.1, 0.15) is 5.78 Å². The van der Waals surface area contributed by atoms with Gasteiger partial charge in [-0.15, -0.1) is 11.6 Å². The van der Waals surface area contributed by atoms with Crippen LogP contribution in [-0.2, 0) is 9.53 Å². The molecule has 1 saturated carbocycles. The number of aliphatic hydroxyl groups is 1. The molecule has 0 radical (unpaired) electrons. The minimum absolute atomic E-state index is 0.00593. The molecule has 1 N–H and O–H groups in total. The van der Waals surface area contributed by atoms with Gasteiger partial charge in [-0.3, -0.25) is 4.79 Å². The van der Waals surface area contributed by atoms with Gasteiger partial charge in [-0.2, -0.15) is 0 Å². The number of Topliss-reactive ketones (excluding diaryl/α,β-unsaturated/α-hetero) is 1. The van der Waals surface area contributed by atoms with Crippen molar-refractivity contribution in [3.8, 4) is 0 Å². The number of carbonyl (C=O) groups excluding carboxylic acids is 1. The summed E-state index contributed by atoms with van der Waals surface area (Å²) in [4.78, 5) is 11.6. The van der Waals surface area contributed by atoms with Crippen molar-refractivity contribution in [2.45, 2.75) is 71.2 Å². The van der Waals surface area contributed by atoms with Crippen molar-refractivity contribution in [2.24, 2.45) is 5.92 Å². The van der Waals surface area contributed by atoms with E-state index in [2.05, 4.69) is 19.9 Å². The molecular weight excluding hydrogens is 276 g/mol. The highest BCUT2D eigenvalue weighted by atomic mass is 35.5. The minimum Gasteiger partial charge on any atom is -0.388 e. The quantitative estimate of drug-likeness (QED) is 0.491. The first kappa shape index (κ1) is 17.7. The van der Waals surface area contributed by atoms with Crippen LogP contribution in [0.15, 0.2) is 11.6 Å². The van der Waals surface area contributed by atoms with E-state index in [0.29, 0.717) is 19.3 Å². The zero-order valence-corrected chi connectivity index (χ0v) is 13.7. The Labute approximate surface area is 127 Å². The minimum atomic E-state index is -0.931. The third-order valence-corrected chi connectivity index (χ3v) is 4.45. The summed E-state index contributed by atoms with van der Waals surface area (Å²) in [6.07, 6.45) is 4.43. The summed E-state index contributed by atoms with van der Waals surface area (Å²) in [5.41, 5.74) is 0.330. The lowest BCUT2D eigenvalue weighted by Gasteiger charge is -2.37. The van der Waals surface area contributed by atoms with Crippen LogP contribution in [-0.4, -0.2) is 34.6 Å². The molecule has 2 fully saturated rings. The molecule has 0 aromatic rings. The van der Waals surface area contributed by atoms with Gasteiger partial charge in [-0.05, 0) is 26.7 Å². The molecule has 0 aromatic carbocycles. The number of halogens is 1. The molecule has 3 nitrogen and oxygen atoms in total. The monoisotopic (exact) mass is 302 g/mol. The smallest absolute Gasteiger partial charge is 0.133 e. The fraction of sp³-hybridized carbons (Fsp3) is 0.812. The molecule has 20 heavy (non-hydrogen) atoms. The van der Waals surface area contributed by atoms with Crippen LogP contribution in [0.3, 0.4) is 0 Å². The van der Waals surface area contributed by atoms with Gasteiger partial charge in [0.05, 0.1) is 23.7 Å². The van der Waals surface area contributed by atoms with Crippen LogP contribution < -0.4 is 0 Å². The molecule has 2 rings (SSSR count). The standard InChI is InChI=1S/C14H21ClO3.C2H6/c1-9(2)3-4-12-13(18-12)11-7-10(16)5-6-14(11,17)8-15;1-2/h3,11-13,17H,4-8H2,1-2H3;1-2H3. The predicted molar refractivity (Wildman–Crippen MR) is 82.1 cm³/mol. The van der Waals surface area contributed by atoms with Gasteiger partial charge in [0.2, 0.25) is 0 Å². The van der Waals surface area contributed by atoms with Gasteiger partial charge < -0.3 is 9.84 Å². The molecule has 0 aromatic heterocycles. The lowest BCUT2D eigenvalue weighted by Crippen LogP contribution is -2.47. The van der Waals surface area contributed by atoms with Crippen molar-refractivity contribution in [1.82, 2.24) is 0 Å². The molecule has 1 aliphatic heterocycles. The largest absolute Gasteiger partial charge is 0.388 e. The van der Waals surface area contributed by atoms with E-state index in [1.807, 2.05) is 13.8 Å². The van der Waals surface area contributed by atoms with Gasteiger partial charge in [0.25, 0.3) is 0 Å². The number of epoxide rings is 1. The van der Waals surface area contributed by atoms with Gasteiger partial charge in [-0.1, -0.05) is 25.5 Å². The Bertz CT molecular complexity index is 363. The fourth-order valence-corrected chi connectivity index (χ4v) is 3.05. The average molecular weight is 303 g/mol. The van der Waals surface area contributed by atoms with Crippen molar-refractivity contribution < 1.29 is 14.6 Å². The number of ether oxygens (including phenoxy) is 1. The second-order valence-corrected chi connectivity index (χ2v) is 6.01. The van der Waals surface area contributed by atoms with Gasteiger partial charge in [0, 0.05) is 18.8 Å². The molecule has 0 bridgehead atoms. The van der Waals surface area contributed by atoms with E-state index in [4.69, 9.17) is 16.3 Å². The third kappa shape index (κ3) is 4.31. The van der Waals surface area contributed by atoms with Gasteiger partial charge in [0.15, 0.2) is 0 Å². The number of allylic oxidation sites excluding steroid dienone is 1. The number of ketones is 1. The fourth-order valence-electron chi connectivity index (χ4n) is 2.72. The molecule has 0 amide bonds. The molecule has 4 atom stereocenters. The Morgan fingerprint density at radius 2 is 2.15 bits per heavy atom. The van der Waals surface area contributed by atoms with Crippen molar-refractivity contribution in [1.29, 1.82) is 0 Å². The van der Waals surface area contributed by atoms with Crippen LogP contribution in [0.2, 0.25) is 0 Å². The molecule has 4 unspecified atom stereocenters. The zero-order valence-electron chi connectivity index (χ0n) is 13.0. The Hall–Kier alpha value is -0.380. The Morgan fingerprint density at radius 3 is 2.70 bits per heavy atom. The molecule has 0 spiro atoms. The maximum atomic E-state index is 11.6. The van der Waals surface area contributed by atoms with Crippen LogP contribution >= 0.6 is 11.6 Å². The highest BCUT2D eigenvalue weighted by Crippen LogP contribution is 2.44. The summed E-state index contributed by atoms with van der Waals surface area (Å²) in [5, 5.41) is 10.5. The lowest BCUT2D eigenvalue weighted by molar-refractivity contribution is -0.130. The SMILES string of the molecule is CC.CC(C)=CCC1OC1C1CC(=O)CCC1(O)CCl. The van der Waals surface area contributed by atoms with Crippen LogP contribution in [0.1, 0.15) is 53.4 Å². The zero-order chi connectivity index (χ0) is 15.3. The normalized spacial score (nSPS) is 35.9. The summed E-state index contributed by atoms with van der Waals surface area (Å²) in [7, 11) is 0. The van der Waals surface area contributed by atoms with Gasteiger partial charge >= 0.3 is 0 Å². The molecule has 2 aliphatic rings. The average Bonchev–Trinajstić information content (AvgIpc) is 3.21. The predicted octanol–water partition coefficient (Wildman–Crippen LogP) is 3.48. The molecule has 1 saturated heterocycles. The third-order valence-electron chi connectivity index (χ3n) is 3.98. The summed E-state index contributed by atoms with van der Waals surface area (Å²) in [6.45, 7) is 8.10. The first-order chi connectivity index (χ1) is 9.46. The second-order valence-electron chi connectivity index (χ2n) is 5.74. The summed E-state index contributed by atoms with van der Waals surface area (Å²) < 4.78 is 5.64. The van der Waals surface area contributed by atoms with Gasteiger partial charge in [-0.25, -0.2) is 0 Å². The topological polar surface area (TPSA) is 49.8 Å². The van der Waals surface area contributed by atoms with E-state index in [0.717, 1.165) is 6.42 Å². The number of rotatable bonds is 4. The maximum absolute atomic E-state index is 11.6. The number of hydrogen-bond donors (Lipinski definition) is 1. The van der Waals surface area contributed by atoms with Crippen LogP contribution in [0.4, 0.5) is 0 Å². The van der Waals surface area contributed by atoms with Crippen LogP contribution in [0.25, 0.3) is 0 Å². The first-order valence-corrected chi connectivity index (χ1v) is 8.08. The summed E-state index contributed by atoms with van der Waals surface area (Å²) in [6, 6.07) is 0. The van der Waals surface area contributed by atoms with E-state index in [1.165, 1.54) is 5.57 Å². The number of carbonyl (C=O) groups is 1. The van der Waals surface area contributed by atoms with E-state index >= 15 is 0 Å². The van der Waals surface area contributed by atoms with Crippen molar-refractivity contribution in [3.63, 3.8) is 0 Å². The van der Waals surface area contributed by atoms with E-state index < -0.39 is 5.60 Å². The van der Waals surface area contributed by atoms with Crippen LogP contribution in [0.5, 0.6) is 0 Å². The van der Waals surface area contributed by atoms with Crippen molar-refractivity contribution >= 4 is 17.4 Å². The van der Waals surface area contributed by atoms with Crippen molar-refractivity contribution in [3.05, 3.63) is 11.6 Å². The molecular formula is C16H27ClO3. The summed E-state index contributed by atoms with van der Waals surface area (Å²) in [5.74, 6) is 0.262.